The van der Waals surface area contributed by atoms with Crippen molar-refractivity contribution in [2.45, 2.75) is 25.8 Å². The number of aromatic nitrogens is 1. The lowest BCUT2D eigenvalue weighted by atomic mass is 10.1. The van der Waals surface area contributed by atoms with E-state index in [1.807, 2.05) is 6.92 Å². The SMILES string of the molecule is C#CCC(CC)Nc1ncc(C(=O)O)cc1[N+](=O)[O-]. The van der Waals surface area contributed by atoms with Crippen LogP contribution in [0.25, 0.3) is 0 Å². The standard InChI is InChI=1S/C12H13N3O4/c1-3-5-9(4-2)14-11-10(15(18)19)6-8(7-13-11)12(16)17/h1,6-7,9H,4-5H2,2H3,(H,13,14)(H,16,17). The van der Waals surface area contributed by atoms with E-state index < -0.39 is 10.9 Å². The second kappa shape index (κ2) is 6.35. The molecule has 7 heteroatoms. The third-order valence-electron chi connectivity index (χ3n) is 2.51. The Labute approximate surface area is 109 Å². The zero-order chi connectivity index (χ0) is 14.4. The molecule has 1 aromatic rings. The van der Waals surface area contributed by atoms with Crippen molar-refractivity contribution in [2.75, 3.05) is 5.32 Å². The van der Waals surface area contributed by atoms with Gasteiger partial charge in [-0.25, -0.2) is 9.78 Å². The smallest absolute Gasteiger partial charge is 0.337 e. The number of anilines is 1. The summed E-state index contributed by atoms with van der Waals surface area (Å²) in [6.45, 7) is 1.88. The van der Waals surface area contributed by atoms with Gasteiger partial charge in [0, 0.05) is 24.7 Å². The van der Waals surface area contributed by atoms with E-state index in [0.717, 1.165) is 12.3 Å². The fraction of sp³-hybridized carbons (Fsp3) is 0.333. The average molecular weight is 263 g/mol. The normalized spacial score (nSPS) is 11.4. The van der Waals surface area contributed by atoms with Gasteiger partial charge in [0.05, 0.1) is 10.5 Å². The van der Waals surface area contributed by atoms with Gasteiger partial charge in [-0.15, -0.1) is 12.3 Å². The first-order chi connectivity index (χ1) is 8.99. The molecule has 0 aliphatic rings. The van der Waals surface area contributed by atoms with Crippen molar-refractivity contribution >= 4 is 17.5 Å². The molecule has 1 heterocycles. The number of carbonyl (C=O) groups is 1. The molecule has 1 rings (SSSR count). The molecule has 100 valence electrons. The number of carboxylic acids is 1. The predicted octanol–water partition coefficient (Wildman–Crippen LogP) is 1.90. The molecule has 19 heavy (non-hydrogen) atoms. The molecular formula is C12H13N3O4. The number of nitro groups is 1. The van der Waals surface area contributed by atoms with Crippen molar-refractivity contribution in [3.8, 4) is 12.3 Å². The summed E-state index contributed by atoms with van der Waals surface area (Å²) in [4.78, 5) is 24.8. The Bertz CT molecular complexity index is 536. The van der Waals surface area contributed by atoms with Gasteiger partial charge in [0.25, 0.3) is 0 Å². The summed E-state index contributed by atoms with van der Waals surface area (Å²) in [7, 11) is 0. The summed E-state index contributed by atoms with van der Waals surface area (Å²) in [6.07, 6.45) is 7.34. The summed E-state index contributed by atoms with van der Waals surface area (Å²) >= 11 is 0. The minimum atomic E-state index is -1.27. The van der Waals surface area contributed by atoms with Crippen molar-refractivity contribution in [1.29, 1.82) is 0 Å². The Kier molecular flexibility index (Phi) is 4.83. The molecule has 0 aromatic carbocycles. The lowest BCUT2D eigenvalue weighted by Crippen LogP contribution is -2.19. The molecule has 0 spiro atoms. The van der Waals surface area contributed by atoms with Crippen LogP contribution in [0.2, 0.25) is 0 Å². The molecule has 0 saturated heterocycles. The molecule has 0 aliphatic carbocycles. The van der Waals surface area contributed by atoms with Crippen LogP contribution in [-0.4, -0.2) is 27.0 Å². The number of hydrogen-bond acceptors (Lipinski definition) is 5. The average Bonchev–Trinajstić information content (AvgIpc) is 2.37. The lowest BCUT2D eigenvalue weighted by Gasteiger charge is -2.14. The van der Waals surface area contributed by atoms with Gasteiger partial charge >= 0.3 is 11.7 Å². The molecule has 1 aromatic heterocycles. The van der Waals surface area contributed by atoms with Gasteiger partial charge in [-0.05, 0) is 6.42 Å². The molecule has 0 fully saturated rings. The van der Waals surface area contributed by atoms with Crippen molar-refractivity contribution in [2.24, 2.45) is 0 Å². The first kappa shape index (κ1) is 14.4. The van der Waals surface area contributed by atoms with Gasteiger partial charge in [0.2, 0.25) is 5.82 Å². The van der Waals surface area contributed by atoms with Crippen LogP contribution in [0.15, 0.2) is 12.3 Å². The van der Waals surface area contributed by atoms with Gasteiger partial charge in [-0.1, -0.05) is 6.92 Å². The summed E-state index contributed by atoms with van der Waals surface area (Å²) in [5.74, 6) is 1.22. The largest absolute Gasteiger partial charge is 0.478 e. The van der Waals surface area contributed by atoms with Crippen molar-refractivity contribution < 1.29 is 14.8 Å². The van der Waals surface area contributed by atoms with Crippen LogP contribution in [0.3, 0.4) is 0 Å². The van der Waals surface area contributed by atoms with Crippen molar-refractivity contribution in [3.63, 3.8) is 0 Å². The van der Waals surface area contributed by atoms with Crippen LogP contribution in [0.1, 0.15) is 30.1 Å². The van der Waals surface area contributed by atoms with Crippen LogP contribution in [0, 0.1) is 22.5 Å². The molecule has 7 nitrogen and oxygen atoms in total. The van der Waals surface area contributed by atoms with E-state index in [1.165, 1.54) is 0 Å². The maximum Gasteiger partial charge on any atom is 0.337 e. The maximum atomic E-state index is 10.9. The topological polar surface area (TPSA) is 105 Å². The number of carboxylic acid groups (broad SMARTS) is 1. The molecule has 1 atom stereocenters. The fourth-order valence-corrected chi connectivity index (χ4v) is 1.45. The maximum absolute atomic E-state index is 10.9. The number of rotatable bonds is 6. The van der Waals surface area contributed by atoms with E-state index in [1.54, 1.807) is 0 Å². The second-order valence-electron chi connectivity index (χ2n) is 3.81. The zero-order valence-electron chi connectivity index (χ0n) is 10.3. The Hall–Kier alpha value is -2.62. The highest BCUT2D eigenvalue weighted by Gasteiger charge is 2.20. The van der Waals surface area contributed by atoms with E-state index in [4.69, 9.17) is 11.5 Å². The van der Waals surface area contributed by atoms with Crippen LogP contribution in [-0.2, 0) is 0 Å². The summed E-state index contributed by atoms with van der Waals surface area (Å²) in [5, 5.41) is 22.6. The molecule has 0 radical (unpaired) electrons. The number of aromatic carboxylic acids is 1. The summed E-state index contributed by atoms with van der Waals surface area (Å²) in [6, 6.07) is 0.826. The molecule has 0 aliphatic heterocycles. The van der Waals surface area contributed by atoms with E-state index in [0.29, 0.717) is 12.8 Å². The van der Waals surface area contributed by atoms with Gasteiger partial charge < -0.3 is 10.4 Å². The minimum absolute atomic E-state index is 0.0251. The summed E-state index contributed by atoms with van der Waals surface area (Å²) in [5.41, 5.74) is -0.613. The Morgan fingerprint density at radius 3 is 2.89 bits per heavy atom. The first-order valence-corrected chi connectivity index (χ1v) is 5.57. The zero-order valence-corrected chi connectivity index (χ0v) is 10.3. The highest BCUT2D eigenvalue weighted by atomic mass is 16.6. The van der Waals surface area contributed by atoms with E-state index in [2.05, 4.69) is 16.2 Å². The molecular weight excluding hydrogens is 250 g/mol. The van der Waals surface area contributed by atoms with Gasteiger partial charge in [-0.2, -0.15) is 0 Å². The molecule has 0 bridgehead atoms. The lowest BCUT2D eigenvalue weighted by molar-refractivity contribution is -0.384. The number of nitrogens with one attached hydrogen (secondary N) is 1. The Morgan fingerprint density at radius 1 is 1.74 bits per heavy atom. The number of nitrogens with zero attached hydrogens (tertiary/aromatic N) is 2. The monoisotopic (exact) mass is 263 g/mol. The minimum Gasteiger partial charge on any atom is -0.478 e. The first-order valence-electron chi connectivity index (χ1n) is 5.57. The van der Waals surface area contributed by atoms with Crippen LogP contribution in [0.5, 0.6) is 0 Å². The van der Waals surface area contributed by atoms with Crippen molar-refractivity contribution in [3.05, 3.63) is 27.9 Å². The molecule has 2 N–H and O–H groups in total. The highest BCUT2D eigenvalue weighted by Crippen LogP contribution is 2.24. The third kappa shape index (κ3) is 3.67. The summed E-state index contributed by atoms with van der Waals surface area (Å²) < 4.78 is 0. The fourth-order valence-electron chi connectivity index (χ4n) is 1.45. The third-order valence-corrected chi connectivity index (χ3v) is 2.51. The molecule has 0 amide bonds. The van der Waals surface area contributed by atoms with E-state index >= 15 is 0 Å². The molecule has 0 saturated carbocycles. The number of terminal acetylenes is 1. The van der Waals surface area contributed by atoms with Crippen LogP contribution < -0.4 is 5.32 Å². The van der Waals surface area contributed by atoms with Crippen molar-refractivity contribution in [1.82, 2.24) is 4.98 Å². The van der Waals surface area contributed by atoms with E-state index in [-0.39, 0.29) is 23.1 Å². The Balaban J connectivity index is 3.10. The van der Waals surface area contributed by atoms with Crippen LogP contribution in [0.4, 0.5) is 11.5 Å². The molecule has 1 unspecified atom stereocenters. The quantitative estimate of drug-likeness (QED) is 0.461. The number of hydrogen-bond donors (Lipinski definition) is 2. The second-order valence-corrected chi connectivity index (χ2v) is 3.81. The van der Waals surface area contributed by atoms with Gasteiger partial charge in [0.1, 0.15) is 0 Å². The van der Waals surface area contributed by atoms with Crippen LogP contribution >= 0.6 is 0 Å². The van der Waals surface area contributed by atoms with Gasteiger partial charge in [0.15, 0.2) is 0 Å². The Morgan fingerprint density at radius 2 is 2.42 bits per heavy atom. The highest BCUT2D eigenvalue weighted by molar-refractivity contribution is 5.88. The van der Waals surface area contributed by atoms with E-state index in [9.17, 15) is 14.9 Å². The predicted molar refractivity (Wildman–Crippen MR) is 69.0 cm³/mol. The number of pyridine rings is 1. The van der Waals surface area contributed by atoms with Gasteiger partial charge in [-0.3, -0.25) is 10.1 Å².